The van der Waals surface area contributed by atoms with Gasteiger partial charge in [-0.3, -0.25) is 0 Å². The van der Waals surface area contributed by atoms with Gasteiger partial charge in [-0.15, -0.1) is 11.8 Å². The van der Waals surface area contributed by atoms with Crippen LogP contribution in [0.1, 0.15) is 37.7 Å². The van der Waals surface area contributed by atoms with E-state index in [9.17, 15) is 10.4 Å². The third-order valence-electron chi connectivity index (χ3n) is 3.68. The molecular weight excluding hydrogens is 256 g/mol. The molecule has 0 aliphatic heterocycles. The Morgan fingerprint density at radius 1 is 1.32 bits per heavy atom. The van der Waals surface area contributed by atoms with Gasteiger partial charge < -0.3 is 10.4 Å². The predicted molar refractivity (Wildman–Crippen MR) is 79.4 cm³/mol. The van der Waals surface area contributed by atoms with Crippen LogP contribution < -0.4 is 5.32 Å². The Bertz CT molecular complexity index is 470. The number of aliphatic hydroxyl groups is 1. The lowest BCUT2D eigenvalue weighted by atomic mass is 10.0. The van der Waals surface area contributed by atoms with Crippen LogP contribution in [0.2, 0.25) is 0 Å². The number of hydrogen-bond donors (Lipinski definition) is 2. The molecule has 1 fully saturated rings. The highest BCUT2D eigenvalue weighted by atomic mass is 32.2. The summed E-state index contributed by atoms with van der Waals surface area (Å²) in [6, 6.07) is 8.17. The Morgan fingerprint density at radius 2 is 2.11 bits per heavy atom. The average molecular weight is 276 g/mol. The quantitative estimate of drug-likeness (QED) is 0.656. The molecule has 1 aliphatic rings. The Balaban J connectivity index is 2.20. The molecular formula is C15H20N2OS. The Kier molecular flexibility index (Phi) is 5.12. The van der Waals surface area contributed by atoms with Crippen molar-refractivity contribution in [3.05, 3.63) is 23.8 Å². The van der Waals surface area contributed by atoms with E-state index in [4.69, 9.17) is 0 Å². The van der Waals surface area contributed by atoms with E-state index in [1.165, 1.54) is 6.42 Å². The summed E-state index contributed by atoms with van der Waals surface area (Å²) >= 11 is 1.58. The van der Waals surface area contributed by atoms with Crippen LogP contribution in [0.15, 0.2) is 23.1 Å². The van der Waals surface area contributed by atoms with Crippen molar-refractivity contribution in [2.45, 2.75) is 49.1 Å². The molecule has 0 spiro atoms. The molecule has 2 atom stereocenters. The van der Waals surface area contributed by atoms with E-state index >= 15 is 0 Å². The monoisotopic (exact) mass is 276 g/mol. The molecule has 1 saturated carbocycles. The zero-order valence-corrected chi connectivity index (χ0v) is 12.0. The highest BCUT2D eigenvalue weighted by Crippen LogP contribution is 2.29. The number of thioether (sulfide) groups is 1. The summed E-state index contributed by atoms with van der Waals surface area (Å²) in [6.45, 7) is 0. The van der Waals surface area contributed by atoms with Crippen LogP contribution in [0.25, 0.3) is 0 Å². The van der Waals surface area contributed by atoms with Crippen LogP contribution in [0.4, 0.5) is 5.69 Å². The smallest absolute Gasteiger partial charge is 0.102 e. The van der Waals surface area contributed by atoms with Gasteiger partial charge in [0.2, 0.25) is 0 Å². The summed E-state index contributed by atoms with van der Waals surface area (Å²) in [5, 5.41) is 22.8. The normalized spacial score (nSPS) is 23.4. The molecule has 2 unspecified atom stereocenters. The van der Waals surface area contributed by atoms with Gasteiger partial charge in [0.1, 0.15) is 6.07 Å². The van der Waals surface area contributed by atoms with Crippen molar-refractivity contribution in [2.75, 3.05) is 11.6 Å². The van der Waals surface area contributed by atoms with Crippen molar-refractivity contribution in [1.29, 1.82) is 5.26 Å². The minimum absolute atomic E-state index is 0.0618. The summed E-state index contributed by atoms with van der Waals surface area (Å²) < 4.78 is 0. The maximum atomic E-state index is 10.1. The first kappa shape index (κ1) is 14.2. The lowest BCUT2D eigenvalue weighted by Gasteiger charge is -2.24. The number of rotatable bonds is 3. The van der Waals surface area contributed by atoms with Gasteiger partial charge in [0, 0.05) is 4.90 Å². The summed E-state index contributed by atoms with van der Waals surface area (Å²) in [7, 11) is 0. The van der Waals surface area contributed by atoms with Crippen LogP contribution in [-0.4, -0.2) is 23.5 Å². The maximum absolute atomic E-state index is 10.1. The highest BCUT2D eigenvalue weighted by Gasteiger charge is 2.22. The molecule has 0 saturated heterocycles. The lowest BCUT2D eigenvalue weighted by Crippen LogP contribution is -2.32. The van der Waals surface area contributed by atoms with Crippen molar-refractivity contribution in [2.24, 2.45) is 0 Å². The van der Waals surface area contributed by atoms with Crippen LogP contribution >= 0.6 is 11.8 Å². The molecule has 1 aromatic carbocycles. The minimum atomic E-state index is -0.313. The lowest BCUT2D eigenvalue weighted by molar-refractivity contribution is 0.144. The number of nitriles is 1. The fourth-order valence-electron chi connectivity index (χ4n) is 2.59. The van der Waals surface area contributed by atoms with Gasteiger partial charge >= 0.3 is 0 Å². The number of hydrogen-bond acceptors (Lipinski definition) is 4. The maximum Gasteiger partial charge on any atom is 0.102 e. The van der Waals surface area contributed by atoms with E-state index in [1.807, 2.05) is 24.5 Å². The fourth-order valence-corrected chi connectivity index (χ4v) is 3.17. The van der Waals surface area contributed by atoms with E-state index in [0.29, 0.717) is 5.56 Å². The standard InChI is InChI=1S/C15H20N2OS/c1-19-15-9-5-7-12(11(15)10-16)17-13-6-3-2-4-8-14(13)18/h5,7,9,13-14,17-18H,2-4,6,8H2,1H3. The van der Waals surface area contributed by atoms with Gasteiger partial charge in [0.25, 0.3) is 0 Å². The number of anilines is 1. The number of benzene rings is 1. The van der Waals surface area contributed by atoms with Crippen LogP contribution in [0.3, 0.4) is 0 Å². The second-order valence-electron chi connectivity index (χ2n) is 4.95. The van der Waals surface area contributed by atoms with E-state index in [1.54, 1.807) is 11.8 Å². The molecule has 102 valence electrons. The molecule has 0 bridgehead atoms. The molecule has 19 heavy (non-hydrogen) atoms. The number of nitrogens with one attached hydrogen (secondary N) is 1. The first-order chi connectivity index (χ1) is 9.26. The summed E-state index contributed by atoms with van der Waals surface area (Å²) in [5.74, 6) is 0. The molecule has 4 heteroatoms. The van der Waals surface area contributed by atoms with Crippen molar-refractivity contribution in [3.8, 4) is 6.07 Å². The molecule has 0 heterocycles. The average Bonchev–Trinajstić information content (AvgIpc) is 2.64. The first-order valence-corrected chi connectivity index (χ1v) is 8.00. The number of aliphatic hydroxyl groups excluding tert-OH is 1. The second kappa shape index (κ2) is 6.83. The molecule has 1 aliphatic carbocycles. The molecule has 0 radical (unpaired) electrons. The summed E-state index contributed by atoms with van der Waals surface area (Å²) in [6.07, 6.45) is 6.89. The van der Waals surface area contributed by atoms with Crippen molar-refractivity contribution >= 4 is 17.4 Å². The Hall–Kier alpha value is -1.18. The van der Waals surface area contributed by atoms with Crippen LogP contribution in [-0.2, 0) is 0 Å². The SMILES string of the molecule is CSc1cccc(NC2CCCCCC2O)c1C#N. The topological polar surface area (TPSA) is 56.0 Å². The highest BCUT2D eigenvalue weighted by molar-refractivity contribution is 7.98. The molecule has 2 N–H and O–H groups in total. The van der Waals surface area contributed by atoms with Gasteiger partial charge in [0.15, 0.2) is 0 Å². The third kappa shape index (κ3) is 3.43. The van der Waals surface area contributed by atoms with E-state index in [0.717, 1.165) is 36.3 Å². The minimum Gasteiger partial charge on any atom is -0.391 e. The van der Waals surface area contributed by atoms with E-state index in [2.05, 4.69) is 11.4 Å². The van der Waals surface area contributed by atoms with Gasteiger partial charge in [-0.05, 0) is 31.2 Å². The third-order valence-corrected chi connectivity index (χ3v) is 4.46. The summed E-state index contributed by atoms with van der Waals surface area (Å²) in [5.41, 5.74) is 1.53. The molecule has 0 aromatic heterocycles. The van der Waals surface area contributed by atoms with Crippen molar-refractivity contribution in [3.63, 3.8) is 0 Å². The molecule has 2 rings (SSSR count). The van der Waals surface area contributed by atoms with Crippen LogP contribution in [0, 0.1) is 11.3 Å². The molecule has 1 aromatic rings. The Morgan fingerprint density at radius 3 is 2.84 bits per heavy atom. The largest absolute Gasteiger partial charge is 0.391 e. The van der Waals surface area contributed by atoms with Gasteiger partial charge in [0.05, 0.1) is 23.4 Å². The number of nitrogens with zero attached hydrogens (tertiary/aromatic N) is 1. The van der Waals surface area contributed by atoms with Gasteiger partial charge in [-0.1, -0.05) is 25.3 Å². The van der Waals surface area contributed by atoms with Crippen molar-refractivity contribution in [1.82, 2.24) is 0 Å². The van der Waals surface area contributed by atoms with Crippen molar-refractivity contribution < 1.29 is 5.11 Å². The zero-order valence-electron chi connectivity index (χ0n) is 11.2. The predicted octanol–water partition coefficient (Wildman–Crippen LogP) is 3.39. The molecule has 0 amide bonds. The first-order valence-electron chi connectivity index (χ1n) is 6.78. The van der Waals surface area contributed by atoms with Crippen LogP contribution in [0.5, 0.6) is 0 Å². The summed E-state index contributed by atoms with van der Waals surface area (Å²) in [4.78, 5) is 0.982. The zero-order chi connectivity index (χ0) is 13.7. The fraction of sp³-hybridized carbons (Fsp3) is 0.533. The Labute approximate surface area is 119 Å². The second-order valence-corrected chi connectivity index (χ2v) is 5.80. The molecule has 3 nitrogen and oxygen atoms in total. The van der Waals surface area contributed by atoms with E-state index < -0.39 is 0 Å². The van der Waals surface area contributed by atoms with E-state index in [-0.39, 0.29) is 12.1 Å². The van der Waals surface area contributed by atoms with Gasteiger partial charge in [-0.2, -0.15) is 5.26 Å². The van der Waals surface area contributed by atoms with Gasteiger partial charge in [-0.25, -0.2) is 0 Å².